The van der Waals surface area contributed by atoms with E-state index in [1.807, 2.05) is 0 Å². The van der Waals surface area contributed by atoms with Crippen molar-refractivity contribution in [3.8, 4) is 0 Å². The quantitative estimate of drug-likeness (QED) is 0.183. The average molecular weight is 707 g/mol. The highest BCUT2D eigenvalue weighted by molar-refractivity contribution is 6.07. The second kappa shape index (κ2) is 13.0. The number of nitrogens with zero attached hydrogens (tertiary/aromatic N) is 2. The summed E-state index contributed by atoms with van der Waals surface area (Å²) in [7, 11) is 0. The molecule has 0 saturated heterocycles. The zero-order valence-corrected chi connectivity index (χ0v) is 33.6. The number of hydrogen-bond donors (Lipinski definition) is 0. The molecule has 0 fully saturated rings. The van der Waals surface area contributed by atoms with Gasteiger partial charge < -0.3 is 9.47 Å². The van der Waals surface area contributed by atoms with Crippen molar-refractivity contribution in [1.29, 1.82) is 0 Å². The Morgan fingerprint density at radius 1 is 0.547 bits per heavy atom. The molecule has 2 aliphatic heterocycles. The maximum atomic E-state index is 7.18. The number of ether oxygens (including phenoxy) is 2. The van der Waals surface area contributed by atoms with E-state index in [4.69, 9.17) is 19.5 Å². The van der Waals surface area contributed by atoms with Crippen LogP contribution in [0.5, 0.6) is 0 Å². The van der Waals surface area contributed by atoms with Crippen LogP contribution in [-0.4, -0.2) is 24.0 Å². The summed E-state index contributed by atoms with van der Waals surface area (Å²) in [6, 6.07) is 32.3. The third kappa shape index (κ3) is 6.55. The van der Waals surface area contributed by atoms with Crippen molar-refractivity contribution in [3.63, 3.8) is 0 Å². The number of rotatable bonds is 8. The van der Waals surface area contributed by atoms with Crippen molar-refractivity contribution in [2.45, 2.75) is 142 Å². The lowest BCUT2D eigenvalue weighted by molar-refractivity contribution is 0.162. The van der Waals surface area contributed by atoms with E-state index in [0.717, 1.165) is 24.6 Å². The van der Waals surface area contributed by atoms with Gasteiger partial charge in [0.25, 0.3) is 0 Å². The zero-order valence-electron chi connectivity index (χ0n) is 33.6. The first-order chi connectivity index (χ1) is 25.1. The smallest absolute Gasteiger partial charge is 0.201 e. The molecular weight excluding hydrogens is 649 g/mol. The lowest BCUT2D eigenvalue weighted by atomic mass is 9.74. The Morgan fingerprint density at radius 2 is 0.925 bits per heavy atom. The molecule has 0 unspecified atom stereocenters. The van der Waals surface area contributed by atoms with Gasteiger partial charge in [-0.05, 0) is 91.1 Å². The lowest BCUT2D eigenvalue weighted by Gasteiger charge is -2.34. The van der Waals surface area contributed by atoms with Gasteiger partial charge in [-0.25, -0.2) is 9.98 Å². The second-order valence-electron chi connectivity index (χ2n) is 19.0. The molecule has 0 bridgehead atoms. The normalized spacial score (nSPS) is 21.9. The molecule has 4 aromatic carbocycles. The molecule has 0 spiro atoms. The van der Waals surface area contributed by atoms with E-state index >= 15 is 0 Å². The van der Waals surface area contributed by atoms with Crippen LogP contribution in [0.1, 0.15) is 149 Å². The monoisotopic (exact) mass is 706 g/mol. The minimum Gasteiger partial charge on any atom is -0.474 e. The SMILES string of the molecule is CC(C)c1ccc2c(c1)[C@@H]1N=C(C(Cc3ccc(C(C)(C)C)cc3)(Cc3ccc(C(C)(C)C)cc3)C3=N[C@H]4c5cc(C(C)C)ccc5C[C@H]4O3)O[C@@H]1C2. The van der Waals surface area contributed by atoms with Gasteiger partial charge in [0, 0.05) is 12.8 Å². The van der Waals surface area contributed by atoms with Crippen molar-refractivity contribution in [3.05, 3.63) is 141 Å². The molecule has 276 valence electrons. The summed E-state index contributed by atoms with van der Waals surface area (Å²) in [5.74, 6) is 2.47. The third-order valence-corrected chi connectivity index (χ3v) is 12.4. The fourth-order valence-corrected chi connectivity index (χ4v) is 8.91. The van der Waals surface area contributed by atoms with Gasteiger partial charge in [-0.1, -0.05) is 154 Å². The van der Waals surface area contributed by atoms with Gasteiger partial charge in [-0.15, -0.1) is 0 Å². The van der Waals surface area contributed by atoms with Gasteiger partial charge in [-0.3, -0.25) is 0 Å². The molecule has 4 heteroatoms. The predicted octanol–water partition coefficient (Wildman–Crippen LogP) is 11.5. The molecule has 8 rings (SSSR count). The summed E-state index contributed by atoms with van der Waals surface area (Å²) in [5, 5.41) is 0. The van der Waals surface area contributed by atoms with E-state index in [9.17, 15) is 0 Å². The first-order valence-corrected chi connectivity index (χ1v) is 20.0. The Bertz CT molecular complexity index is 1920. The highest BCUT2D eigenvalue weighted by Gasteiger charge is 2.55. The highest BCUT2D eigenvalue weighted by Crippen LogP contribution is 2.50. The number of hydrogen-bond acceptors (Lipinski definition) is 4. The number of fused-ring (bicyclic) bond motifs is 6. The molecule has 53 heavy (non-hydrogen) atoms. The first-order valence-electron chi connectivity index (χ1n) is 20.0. The molecule has 4 atom stereocenters. The van der Waals surface area contributed by atoms with Gasteiger partial charge in [0.05, 0.1) is 0 Å². The fraction of sp³-hybridized carbons (Fsp3) is 0.469. The molecule has 0 saturated carbocycles. The Labute approximate surface area is 318 Å². The summed E-state index contributed by atoms with van der Waals surface area (Å²) < 4.78 is 14.4. The van der Waals surface area contributed by atoms with Crippen LogP contribution in [-0.2, 0) is 46.0 Å². The molecule has 4 aliphatic rings. The molecule has 0 amide bonds. The zero-order chi connectivity index (χ0) is 37.4. The van der Waals surface area contributed by atoms with Crippen molar-refractivity contribution in [1.82, 2.24) is 0 Å². The summed E-state index contributed by atoms with van der Waals surface area (Å²) in [6.07, 6.45) is 3.06. The maximum Gasteiger partial charge on any atom is 0.201 e. The van der Waals surface area contributed by atoms with Crippen LogP contribution in [0.2, 0.25) is 0 Å². The van der Waals surface area contributed by atoms with E-state index in [1.165, 1.54) is 55.6 Å². The van der Waals surface area contributed by atoms with Crippen LogP contribution in [0.25, 0.3) is 0 Å². The van der Waals surface area contributed by atoms with Crippen LogP contribution >= 0.6 is 0 Å². The molecular formula is C49H58N2O2. The summed E-state index contributed by atoms with van der Waals surface area (Å²) >= 11 is 0. The summed E-state index contributed by atoms with van der Waals surface area (Å²) in [5.41, 5.74) is 12.6. The number of aliphatic imine (C=N–C) groups is 2. The molecule has 2 aliphatic carbocycles. The van der Waals surface area contributed by atoms with E-state index in [1.54, 1.807) is 0 Å². The Balaban J connectivity index is 1.28. The minimum atomic E-state index is -0.715. The maximum absolute atomic E-state index is 7.18. The highest BCUT2D eigenvalue weighted by atomic mass is 16.5. The largest absolute Gasteiger partial charge is 0.474 e. The molecule has 2 heterocycles. The molecule has 0 radical (unpaired) electrons. The van der Waals surface area contributed by atoms with Crippen molar-refractivity contribution in [2.75, 3.05) is 0 Å². The van der Waals surface area contributed by atoms with Crippen molar-refractivity contribution in [2.24, 2.45) is 15.4 Å². The Hall–Kier alpha value is -4.18. The molecule has 4 nitrogen and oxygen atoms in total. The first kappa shape index (κ1) is 35.8. The van der Waals surface area contributed by atoms with Crippen LogP contribution < -0.4 is 0 Å². The van der Waals surface area contributed by atoms with Crippen molar-refractivity contribution >= 4 is 11.8 Å². The van der Waals surface area contributed by atoms with Gasteiger partial charge >= 0.3 is 0 Å². The van der Waals surface area contributed by atoms with E-state index in [0.29, 0.717) is 24.7 Å². The van der Waals surface area contributed by atoms with Crippen LogP contribution in [0.3, 0.4) is 0 Å². The second-order valence-corrected chi connectivity index (χ2v) is 19.0. The molecule has 4 aromatic rings. The molecule has 0 aromatic heterocycles. The fourth-order valence-electron chi connectivity index (χ4n) is 8.91. The Kier molecular flexibility index (Phi) is 8.78. The third-order valence-electron chi connectivity index (χ3n) is 12.4. The Morgan fingerprint density at radius 3 is 1.26 bits per heavy atom. The van der Waals surface area contributed by atoms with Crippen LogP contribution in [0.15, 0.2) is 94.9 Å². The summed E-state index contributed by atoms with van der Waals surface area (Å²) in [6.45, 7) is 22.7. The molecule has 0 N–H and O–H groups in total. The van der Waals surface area contributed by atoms with Gasteiger partial charge in [0.2, 0.25) is 11.8 Å². The van der Waals surface area contributed by atoms with Crippen LogP contribution in [0, 0.1) is 5.41 Å². The van der Waals surface area contributed by atoms with Crippen LogP contribution in [0.4, 0.5) is 0 Å². The van der Waals surface area contributed by atoms with E-state index < -0.39 is 5.41 Å². The topological polar surface area (TPSA) is 43.2 Å². The van der Waals surface area contributed by atoms with Gasteiger partial charge in [-0.2, -0.15) is 0 Å². The van der Waals surface area contributed by atoms with E-state index in [2.05, 4.69) is 154 Å². The lowest BCUT2D eigenvalue weighted by Crippen LogP contribution is -2.45. The van der Waals surface area contributed by atoms with Gasteiger partial charge in [0.15, 0.2) is 0 Å². The van der Waals surface area contributed by atoms with Gasteiger partial charge in [0.1, 0.15) is 29.7 Å². The number of benzene rings is 4. The summed E-state index contributed by atoms with van der Waals surface area (Å²) in [4.78, 5) is 11.2. The average Bonchev–Trinajstić information content (AvgIpc) is 3.87. The predicted molar refractivity (Wildman–Crippen MR) is 219 cm³/mol. The van der Waals surface area contributed by atoms with E-state index in [-0.39, 0.29) is 35.1 Å². The minimum absolute atomic E-state index is 0.0239. The van der Waals surface area contributed by atoms with Crippen molar-refractivity contribution < 1.29 is 9.47 Å². The standard InChI is InChI=1S/C49H58N2O2/c1-29(2)33-15-17-35-25-41-43(39(35)23-33)50-45(52-41)49(27-31-11-19-37(20-12-31)47(5,6)7,28-32-13-21-38(22-14-32)48(8,9)10)46-51-44-40-24-34(30(3)4)16-18-36(40)26-42(44)53-46/h11-24,29-30,41-44H,25-28H2,1-10H3/t41-,42-,43+,44+/m1/s1.